The van der Waals surface area contributed by atoms with Crippen LogP contribution in [-0.2, 0) is 16.1 Å². The predicted molar refractivity (Wildman–Crippen MR) is 83.9 cm³/mol. The quantitative estimate of drug-likeness (QED) is 0.835. The number of piperidine rings is 1. The third-order valence-electron chi connectivity index (χ3n) is 3.98. The highest BCUT2D eigenvalue weighted by atomic mass is 16.5. The zero-order valence-corrected chi connectivity index (χ0v) is 12.9. The van der Waals surface area contributed by atoms with Crippen molar-refractivity contribution >= 4 is 5.91 Å². The molecule has 4 heteroatoms. The highest BCUT2D eigenvalue weighted by Gasteiger charge is 2.18. The second-order valence-corrected chi connectivity index (χ2v) is 5.68. The fourth-order valence-electron chi connectivity index (χ4n) is 2.75. The lowest BCUT2D eigenvalue weighted by molar-refractivity contribution is -0.126. The Morgan fingerprint density at radius 1 is 1.38 bits per heavy atom. The van der Waals surface area contributed by atoms with Gasteiger partial charge in [-0.2, -0.15) is 0 Å². The number of ether oxygens (including phenoxy) is 1. The first kappa shape index (κ1) is 16.0. The number of nitrogens with zero attached hydrogens (tertiary/aromatic N) is 1. The van der Waals surface area contributed by atoms with Crippen LogP contribution in [0.4, 0.5) is 0 Å². The van der Waals surface area contributed by atoms with Crippen molar-refractivity contribution < 1.29 is 9.53 Å². The third kappa shape index (κ3) is 5.86. The van der Waals surface area contributed by atoms with Crippen molar-refractivity contribution in [2.45, 2.75) is 26.4 Å². The van der Waals surface area contributed by atoms with Gasteiger partial charge in [0.2, 0.25) is 5.91 Å². The Hall–Kier alpha value is -1.39. The summed E-state index contributed by atoms with van der Waals surface area (Å²) in [6.07, 6.45) is 2.44. The lowest BCUT2D eigenvalue weighted by Gasteiger charge is -2.31. The molecule has 2 rings (SSSR count). The van der Waals surface area contributed by atoms with Crippen LogP contribution in [0.15, 0.2) is 30.3 Å². The van der Waals surface area contributed by atoms with Crippen molar-refractivity contribution in [1.29, 1.82) is 0 Å². The zero-order valence-electron chi connectivity index (χ0n) is 12.9. The molecule has 0 unspecified atom stereocenters. The molecule has 1 aliphatic rings. The first-order chi connectivity index (χ1) is 10.3. The number of carbonyl (C=O) groups is 1. The van der Waals surface area contributed by atoms with E-state index >= 15 is 0 Å². The lowest BCUT2D eigenvalue weighted by atomic mass is 9.98. The van der Waals surface area contributed by atoms with Crippen molar-refractivity contribution in [3.8, 4) is 0 Å². The van der Waals surface area contributed by atoms with Gasteiger partial charge in [-0.05, 0) is 37.4 Å². The Labute approximate surface area is 127 Å². The van der Waals surface area contributed by atoms with E-state index in [0.29, 0.717) is 12.5 Å². The fraction of sp³-hybridized carbons (Fsp3) is 0.588. The summed E-state index contributed by atoms with van der Waals surface area (Å²) < 4.78 is 5.44. The number of benzene rings is 1. The van der Waals surface area contributed by atoms with Crippen molar-refractivity contribution in [2.24, 2.45) is 5.92 Å². The monoisotopic (exact) mass is 290 g/mol. The SMILES string of the molecule is CCN1CCC[C@@H](CNC(=O)COCc2ccccc2)C1. The van der Waals surface area contributed by atoms with Crippen LogP contribution in [0.5, 0.6) is 0 Å². The maximum Gasteiger partial charge on any atom is 0.246 e. The minimum atomic E-state index is -0.0143. The standard InChI is InChI=1S/C17H26N2O2/c1-2-19-10-6-9-16(12-19)11-18-17(20)14-21-13-15-7-4-3-5-8-15/h3-5,7-8,16H,2,6,9-14H2,1H3,(H,18,20)/t16-/m0/s1. The fourth-order valence-corrected chi connectivity index (χ4v) is 2.75. The Bertz CT molecular complexity index is 422. The molecule has 0 radical (unpaired) electrons. The van der Waals surface area contributed by atoms with Gasteiger partial charge in [0, 0.05) is 13.1 Å². The topological polar surface area (TPSA) is 41.6 Å². The molecule has 0 spiro atoms. The van der Waals surface area contributed by atoms with Crippen LogP contribution < -0.4 is 5.32 Å². The molecule has 1 fully saturated rings. The minimum Gasteiger partial charge on any atom is -0.367 e. The molecule has 21 heavy (non-hydrogen) atoms. The number of carbonyl (C=O) groups excluding carboxylic acids is 1. The highest BCUT2D eigenvalue weighted by Crippen LogP contribution is 2.15. The van der Waals surface area contributed by atoms with E-state index < -0.39 is 0 Å². The summed E-state index contributed by atoms with van der Waals surface area (Å²) in [7, 11) is 0. The van der Waals surface area contributed by atoms with E-state index in [4.69, 9.17) is 4.74 Å². The van der Waals surface area contributed by atoms with Crippen molar-refractivity contribution in [3.05, 3.63) is 35.9 Å². The van der Waals surface area contributed by atoms with Gasteiger partial charge in [-0.1, -0.05) is 37.3 Å². The average molecular weight is 290 g/mol. The number of hydrogen-bond donors (Lipinski definition) is 1. The van der Waals surface area contributed by atoms with Crippen LogP contribution in [0.3, 0.4) is 0 Å². The van der Waals surface area contributed by atoms with Gasteiger partial charge in [0.1, 0.15) is 6.61 Å². The molecule has 0 aromatic heterocycles. The van der Waals surface area contributed by atoms with Gasteiger partial charge in [-0.25, -0.2) is 0 Å². The first-order valence-corrected chi connectivity index (χ1v) is 7.88. The smallest absolute Gasteiger partial charge is 0.246 e. The Kier molecular flexibility index (Phi) is 6.70. The number of nitrogens with one attached hydrogen (secondary N) is 1. The van der Waals surface area contributed by atoms with Crippen LogP contribution in [0.1, 0.15) is 25.3 Å². The Morgan fingerprint density at radius 3 is 2.95 bits per heavy atom. The molecule has 116 valence electrons. The van der Waals surface area contributed by atoms with E-state index in [-0.39, 0.29) is 12.5 Å². The Balaban J connectivity index is 1.59. The van der Waals surface area contributed by atoms with Gasteiger partial charge < -0.3 is 15.0 Å². The Morgan fingerprint density at radius 2 is 2.19 bits per heavy atom. The molecule has 0 bridgehead atoms. The van der Waals surface area contributed by atoms with Crippen molar-refractivity contribution in [1.82, 2.24) is 10.2 Å². The maximum atomic E-state index is 11.8. The van der Waals surface area contributed by atoms with Crippen LogP contribution in [0.2, 0.25) is 0 Å². The first-order valence-electron chi connectivity index (χ1n) is 7.88. The van der Waals surface area contributed by atoms with E-state index in [1.165, 1.54) is 19.4 Å². The highest BCUT2D eigenvalue weighted by molar-refractivity contribution is 5.77. The van der Waals surface area contributed by atoms with Gasteiger partial charge >= 0.3 is 0 Å². The second kappa shape index (κ2) is 8.80. The van der Waals surface area contributed by atoms with E-state index in [1.54, 1.807) is 0 Å². The number of hydrogen-bond acceptors (Lipinski definition) is 3. The third-order valence-corrected chi connectivity index (χ3v) is 3.98. The molecule has 1 aromatic carbocycles. The van der Waals surface area contributed by atoms with Gasteiger partial charge in [0.15, 0.2) is 0 Å². The van der Waals surface area contributed by atoms with Crippen molar-refractivity contribution in [3.63, 3.8) is 0 Å². The molecule has 1 saturated heterocycles. The minimum absolute atomic E-state index is 0.0143. The van der Waals surface area contributed by atoms with E-state index in [1.807, 2.05) is 30.3 Å². The molecule has 4 nitrogen and oxygen atoms in total. The molecular formula is C17H26N2O2. The molecular weight excluding hydrogens is 264 g/mol. The summed E-state index contributed by atoms with van der Waals surface area (Å²) in [6, 6.07) is 9.92. The second-order valence-electron chi connectivity index (χ2n) is 5.68. The summed E-state index contributed by atoms with van der Waals surface area (Å²) >= 11 is 0. The maximum absolute atomic E-state index is 11.8. The summed E-state index contributed by atoms with van der Waals surface area (Å²) in [5.74, 6) is 0.566. The molecule has 1 amide bonds. The van der Waals surface area contributed by atoms with Crippen molar-refractivity contribution in [2.75, 3.05) is 32.8 Å². The normalized spacial score (nSPS) is 19.4. The predicted octanol–water partition coefficient (Wildman–Crippen LogP) is 2.05. The van der Waals surface area contributed by atoms with E-state index in [0.717, 1.165) is 25.2 Å². The summed E-state index contributed by atoms with van der Waals surface area (Å²) in [5, 5.41) is 2.99. The van der Waals surface area contributed by atoms with Crippen LogP contribution in [0, 0.1) is 5.92 Å². The molecule has 1 heterocycles. The zero-order chi connectivity index (χ0) is 14.9. The van der Waals surface area contributed by atoms with E-state index in [9.17, 15) is 4.79 Å². The molecule has 1 aromatic rings. The lowest BCUT2D eigenvalue weighted by Crippen LogP contribution is -2.41. The van der Waals surface area contributed by atoms with Crippen LogP contribution >= 0.6 is 0 Å². The number of rotatable bonds is 7. The average Bonchev–Trinajstić information content (AvgIpc) is 2.54. The van der Waals surface area contributed by atoms with Gasteiger partial charge in [0.25, 0.3) is 0 Å². The van der Waals surface area contributed by atoms with Gasteiger partial charge in [-0.15, -0.1) is 0 Å². The summed E-state index contributed by atoms with van der Waals surface area (Å²) in [6.45, 7) is 6.98. The van der Waals surface area contributed by atoms with E-state index in [2.05, 4.69) is 17.1 Å². The van der Waals surface area contributed by atoms with Crippen LogP contribution in [0.25, 0.3) is 0 Å². The van der Waals surface area contributed by atoms with Gasteiger partial charge in [-0.3, -0.25) is 4.79 Å². The molecule has 0 aliphatic carbocycles. The molecule has 1 aliphatic heterocycles. The van der Waals surface area contributed by atoms with Crippen LogP contribution in [-0.4, -0.2) is 43.6 Å². The molecule has 1 N–H and O–H groups in total. The summed E-state index contributed by atoms with van der Waals surface area (Å²) in [4.78, 5) is 14.2. The largest absolute Gasteiger partial charge is 0.367 e. The van der Waals surface area contributed by atoms with Gasteiger partial charge in [0.05, 0.1) is 6.61 Å². The summed E-state index contributed by atoms with van der Waals surface area (Å²) in [5.41, 5.74) is 1.09. The molecule has 0 saturated carbocycles. The number of amides is 1. The number of likely N-dealkylation sites (tertiary alicyclic amines) is 1. The molecule has 1 atom stereocenters.